The van der Waals surface area contributed by atoms with E-state index < -0.39 is 17.6 Å². The third-order valence-electron chi connectivity index (χ3n) is 2.57. The van der Waals surface area contributed by atoms with Gasteiger partial charge in [-0.25, -0.2) is 13.6 Å². The first-order chi connectivity index (χ1) is 8.51. The van der Waals surface area contributed by atoms with E-state index in [0.29, 0.717) is 13.1 Å². The molecule has 100 valence electrons. The van der Waals surface area contributed by atoms with Crippen molar-refractivity contribution in [2.45, 2.75) is 26.7 Å². The van der Waals surface area contributed by atoms with Crippen LogP contribution in [0.3, 0.4) is 0 Å². The topological polar surface area (TPSA) is 40.5 Å². The Hall–Kier alpha value is -1.65. The maximum Gasteiger partial charge on any atom is 0.335 e. The fourth-order valence-corrected chi connectivity index (χ4v) is 1.87. The SMILES string of the molecule is CCCN(CCC)c1c(F)cc(C(=O)O)cc1F. The summed E-state index contributed by atoms with van der Waals surface area (Å²) in [6, 6.07) is 1.72. The van der Waals surface area contributed by atoms with Crippen LogP contribution in [0.2, 0.25) is 0 Å². The molecule has 0 bridgehead atoms. The Bertz CT molecular complexity index is 406. The van der Waals surface area contributed by atoms with Gasteiger partial charge in [0.1, 0.15) is 17.3 Å². The number of hydrogen-bond acceptors (Lipinski definition) is 2. The van der Waals surface area contributed by atoms with Crippen LogP contribution in [0.5, 0.6) is 0 Å². The standard InChI is InChI=1S/C13H17F2NO2/c1-3-5-16(6-4-2)12-10(14)7-9(13(17)18)8-11(12)15/h7-8H,3-6H2,1-2H3,(H,17,18). The number of anilines is 1. The van der Waals surface area contributed by atoms with Gasteiger partial charge in [-0.15, -0.1) is 0 Å². The Morgan fingerprint density at radius 3 is 1.94 bits per heavy atom. The van der Waals surface area contributed by atoms with Gasteiger partial charge in [-0.05, 0) is 25.0 Å². The number of nitrogens with zero attached hydrogens (tertiary/aromatic N) is 1. The third kappa shape index (κ3) is 3.18. The summed E-state index contributed by atoms with van der Waals surface area (Å²) in [6.45, 7) is 4.91. The van der Waals surface area contributed by atoms with Crippen LogP contribution in [0.25, 0.3) is 0 Å². The first kappa shape index (κ1) is 14.4. The second-order valence-electron chi connectivity index (χ2n) is 4.08. The normalized spacial score (nSPS) is 10.4. The minimum atomic E-state index is -1.34. The van der Waals surface area contributed by atoms with Gasteiger partial charge in [0.25, 0.3) is 0 Å². The summed E-state index contributed by atoms with van der Waals surface area (Å²) in [4.78, 5) is 12.3. The van der Waals surface area contributed by atoms with Gasteiger partial charge in [0.2, 0.25) is 0 Å². The van der Waals surface area contributed by atoms with Crippen molar-refractivity contribution in [1.29, 1.82) is 0 Å². The number of carbonyl (C=O) groups is 1. The fourth-order valence-electron chi connectivity index (χ4n) is 1.87. The van der Waals surface area contributed by atoms with Gasteiger partial charge in [-0.3, -0.25) is 0 Å². The van der Waals surface area contributed by atoms with Crippen LogP contribution >= 0.6 is 0 Å². The Balaban J connectivity index is 3.18. The zero-order chi connectivity index (χ0) is 13.7. The van der Waals surface area contributed by atoms with Gasteiger partial charge in [0, 0.05) is 13.1 Å². The molecule has 0 saturated heterocycles. The molecule has 0 spiro atoms. The molecule has 0 atom stereocenters. The molecular weight excluding hydrogens is 240 g/mol. The molecule has 0 unspecified atom stereocenters. The molecule has 0 amide bonds. The van der Waals surface area contributed by atoms with E-state index in [2.05, 4.69) is 0 Å². The van der Waals surface area contributed by atoms with Crippen LogP contribution in [0.4, 0.5) is 14.5 Å². The van der Waals surface area contributed by atoms with Crippen molar-refractivity contribution in [2.24, 2.45) is 0 Å². The number of benzene rings is 1. The summed E-state index contributed by atoms with van der Waals surface area (Å²) in [5, 5.41) is 8.72. The zero-order valence-corrected chi connectivity index (χ0v) is 10.5. The highest BCUT2D eigenvalue weighted by Crippen LogP contribution is 2.25. The average Bonchev–Trinajstić information content (AvgIpc) is 2.28. The van der Waals surface area contributed by atoms with Crippen LogP contribution in [0.1, 0.15) is 37.0 Å². The summed E-state index contributed by atoms with van der Waals surface area (Å²) in [6.07, 6.45) is 1.53. The van der Waals surface area contributed by atoms with Crippen LogP contribution in [-0.4, -0.2) is 24.2 Å². The van der Waals surface area contributed by atoms with Crippen molar-refractivity contribution in [2.75, 3.05) is 18.0 Å². The molecule has 3 nitrogen and oxygen atoms in total. The molecule has 5 heteroatoms. The first-order valence-corrected chi connectivity index (χ1v) is 5.98. The van der Waals surface area contributed by atoms with E-state index >= 15 is 0 Å². The second-order valence-corrected chi connectivity index (χ2v) is 4.08. The van der Waals surface area contributed by atoms with Gasteiger partial charge in [-0.2, -0.15) is 0 Å². The number of hydrogen-bond donors (Lipinski definition) is 1. The summed E-state index contributed by atoms with van der Waals surface area (Å²) in [5.74, 6) is -2.99. The lowest BCUT2D eigenvalue weighted by molar-refractivity contribution is 0.0696. The van der Waals surface area contributed by atoms with Gasteiger partial charge >= 0.3 is 5.97 Å². The highest BCUT2D eigenvalue weighted by molar-refractivity contribution is 5.88. The van der Waals surface area contributed by atoms with Crippen molar-refractivity contribution in [1.82, 2.24) is 0 Å². The van der Waals surface area contributed by atoms with Gasteiger partial charge < -0.3 is 10.0 Å². The summed E-state index contributed by atoms with van der Waals surface area (Å²) >= 11 is 0. The second kappa shape index (κ2) is 6.33. The Morgan fingerprint density at radius 1 is 1.17 bits per heavy atom. The van der Waals surface area contributed by atoms with Crippen LogP contribution < -0.4 is 4.90 Å². The smallest absolute Gasteiger partial charge is 0.335 e. The van der Waals surface area contributed by atoms with Crippen molar-refractivity contribution >= 4 is 11.7 Å². The maximum atomic E-state index is 13.8. The van der Waals surface area contributed by atoms with Gasteiger partial charge in [0.05, 0.1) is 5.56 Å². The Morgan fingerprint density at radius 2 is 1.61 bits per heavy atom. The van der Waals surface area contributed by atoms with E-state index in [-0.39, 0.29) is 11.3 Å². The quantitative estimate of drug-likeness (QED) is 0.850. The molecule has 0 heterocycles. The van der Waals surface area contributed by atoms with E-state index in [1.807, 2.05) is 13.8 Å². The maximum absolute atomic E-state index is 13.8. The van der Waals surface area contributed by atoms with E-state index in [9.17, 15) is 13.6 Å². The lowest BCUT2D eigenvalue weighted by atomic mass is 10.1. The number of carboxylic acid groups (broad SMARTS) is 1. The highest BCUT2D eigenvalue weighted by atomic mass is 19.1. The average molecular weight is 257 g/mol. The van der Waals surface area contributed by atoms with Crippen LogP contribution in [0.15, 0.2) is 12.1 Å². The minimum absolute atomic E-state index is 0.135. The van der Waals surface area contributed by atoms with Crippen molar-refractivity contribution < 1.29 is 18.7 Å². The molecule has 0 saturated carbocycles. The molecular formula is C13H17F2NO2. The summed E-state index contributed by atoms with van der Waals surface area (Å²) in [5.41, 5.74) is -0.509. The molecule has 1 aromatic rings. The molecule has 0 aliphatic rings. The molecule has 0 aromatic heterocycles. The predicted octanol–water partition coefficient (Wildman–Crippen LogP) is 3.29. The van der Waals surface area contributed by atoms with E-state index in [4.69, 9.17) is 5.11 Å². The largest absolute Gasteiger partial charge is 0.478 e. The highest BCUT2D eigenvalue weighted by Gasteiger charge is 2.19. The van der Waals surface area contributed by atoms with Crippen LogP contribution in [0, 0.1) is 11.6 Å². The van der Waals surface area contributed by atoms with Crippen molar-refractivity contribution in [3.05, 3.63) is 29.3 Å². The lowest BCUT2D eigenvalue weighted by Gasteiger charge is -2.24. The molecule has 1 aromatic carbocycles. The molecule has 0 aliphatic carbocycles. The third-order valence-corrected chi connectivity index (χ3v) is 2.57. The number of carboxylic acids is 1. The van der Waals surface area contributed by atoms with Crippen molar-refractivity contribution in [3.8, 4) is 0 Å². The molecule has 1 rings (SSSR count). The Kier molecular flexibility index (Phi) is 5.07. The molecule has 0 aliphatic heterocycles. The predicted molar refractivity (Wildman–Crippen MR) is 66.1 cm³/mol. The van der Waals surface area contributed by atoms with E-state index in [1.165, 1.54) is 0 Å². The zero-order valence-electron chi connectivity index (χ0n) is 10.5. The van der Waals surface area contributed by atoms with E-state index in [0.717, 1.165) is 25.0 Å². The number of rotatable bonds is 6. The number of aromatic carboxylic acids is 1. The molecule has 0 radical (unpaired) electrons. The van der Waals surface area contributed by atoms with Crippen molar-refractivity contribution in [3.63, 3.8) is 0 Å². The van der Waals surface area contributed by atoms with E-state index in [1.54, 1.807) is 4.90 Å². The fraction of sp³-hybridized carbons (Fsp3) is 0.462. The summed E-state index contributed by atoms with van der Waals surface area (Å²) in [7, 11) is 0. The van der Waals surface area contributed by atoms with Gasteiger partial charge in [0.15, 0.2) is 0 Å². The molecule has 18 heavy (non-hydrogen) atoms. The lowest BCUT2D eigenvalue weighted by Crippen LogP contribution is -2.27. The molecule has 1 N–H and O–H groups in total. The molecule has 0 fully saturated rings. The van der Waals surface area contributed by atoms with Crippen LogP contribution in [-0.2, 0) is 0 Å². The number of halogens is 2. The van der Waals surface area contributed by atoms with Gasteiger partial charge in [-0.1, -0.05) is 13.8 Å². The monoisotopic (exact) mass is 257 g/mol. The summed E-state index contributed by atoms with van der Waals surface area (Å²) < 4.78 is 27.6. The minimum Gasteiger partial charge on any atom is -0.478 e. The first-order valence-electron chi connectivity index (χ1n) is 5.98. The Labute approximate surface area is 105 Å².